The highest BCUT2D eigenvalue weighted by molar-refractivity contribution is 5.91. The van der Waals surface area contributed by atoms with Crippen molar-refractivity contribution in [3.8, 4) is 0 Å². The lowest BCUT2D eigenvalue weighted by Crippen LogP contribution is -2.58. The molecule has 0 aromatic heterocycles. The topological polar surface area (TPSA) is 96.4 Å². The second-order valence-electron chi connectivity index (χ2n) is 13.3. The SMILES string of the molecule is CC(C)(C)OC(=O)N1CC2(CCN(C(=O)OC3C4CC5CC3CC(C(=O)O)(C5)C4)CC2)c2ccccc21. The van der Waals surface area contributed by atoms with E-state index in [9.17, 15) is 19.5 Å². The van der Waals surface area contributed by atoms with E-state index in [1.807, 2.05) is 43.9 Å². The number of carbonyl (C=O) groups excluding carboxylic acids is 2. The largest absolute Gasteiger partial charge is 0.481 e. The van der Waals surface area contributed by atoms with Crippen LogP contribution in [0.4, 0.5) is 15.3 Å². The molecule has 1 spiro atoms. The number of carboxylic acids is 1. The number of aliphatic carboxylic acids is 1. The maximum absolute atomic E-state index is 13.3. The minimum absolute atomic E-state index is 0.159. The Bertz CT molecular complexity index is 1100. The number of carboxylic acid groups (broad SMARTS) is 1. The Morgan fingerprint density at radius 3 is 2.24 bits per heavy atom. The van der Waals surface area contributed by atoms with Gasteiger partial charge in [-0.25, -0.2) is 9.59 Å². The standard InChI is InChI=1S/C29H38N2O6/c1-27(2,3)37-26(35)31-17-28(21-6-4-5-7-22(21)31)8-10-30(11-9-28)25(34)36-23-19-12-18-13-20(23)16-29(14-18,15-19)24(32)33/h4-7,18-20,23H,8-17H2,1-3H3,(H,32,33). The van der Waals surface area contributed by atoms with E-state index < -0.39 is 17.0 Å². The second kappa shape index (κ2) is 8.37. The first-order chi connectivity index (χ1) is 17.5. The number of likely N-dealkylation sites (tertiary alicyclic amines) is 1. The molecule has 8 heteroatoms. The smallest absolute Gasteiger partial charge is 0.414 e. The van der Waals surface area contributed by atoms with Crippen molar-refractivity contribution in [3.63, 3.8) is 0 Å². The summed E-state index contributed by atoms with van der Waals surface area (Å²) in [6.07, 6.45) is 4.73. The molecule has 1 N–H and O–H groups in total. The van der Waals surface area contributed by atoms with Crippen molar-refractivity contribution in [1.29, 1.82) is 0 Å². The van der Waals surface area contributed by atoms with Crippen molar-refractivity contribution in [3.05, 3.63) is 29.8 Å². The van der Waals surface area contributed by atoms with Gasteiger partial charge in [0.15, 0.2) is 0 Å². The van der Waals surface area contributed by atoms with Crippen LogP contribution in [0, 0.1) is 23.2 Å². The minimum Gasteiger partial charge on any atom is -0.481 e. The van der Waals surface area contributed by atoms with Crippen LogP contribution in [0.25, 0.3) is 0 Å². The van der Waals surface area contributed by atoms with Gasteiger partial charge in [0.05, 0.1) is 11.1 Å². The fraction of sp³-hybridized carbons (Fsp3) is 0.690. The van der Waals surface area contributed by atoms with E-state index in [0.717, 1.165) is 43.4 Å². The molecule has 2 heterocycles. The zero-order chi connectivity index (χ0) is 26.2. The van der Waals surface area contributed by atoms with Gasteiger partial charge >= 0.3 is 18.2 Å². The highest BCUT2D eigenvalue weighted by Crippen LogP contribution is 2.61. The number of hydrogen-bond donors (Lipinski definition) is 1. The first-order valence-corrected chi connectivity index (χ1v) is 13.8. The van der Waals surface area contributed by atoms with Crippen molar-refractivity contribution < 1.29 is 29.0 Å². The van der Waals surface area contributed by atoms with Crippen LogP contribution in [0.5, 0.6) is 0 Å². The summed E-state index contributed by atoms with van der Waals surface area (Å²) in [5.41, 5.74) is 0.660. The molecule has 4 bridgehead atoms. The van der Waals surface area contributed by atoms with E-state index in [1.54, 1.807) is 4.90 Å². The van der Waals surface area contributed by atoms with Gasteiger partial charge in [0.2, 0.25) is 0 Å². The average Bonchev–Trinajstić information content (AvgIpc) is 3.14. The molecule has 200 valence electrons. The molecular weight excluding hydrogens is 472 g/mol. The number of carbonyl (C=O) groups is 3. The summed E-state index contributed by atoms with van der Waals surface area (Å²) >= 11 is 0. The number of para-hydroxylation sites is 1. The summed E-state index contributed by atoms with van der Waals surface area (Å²) < 4.78 is 11.8. The van der Waals surface area contributed by atoms with Crippen molar-refractivity contribution in [1.82, 2.24) is 4.90 Å². The molecule has 2 aliphatic heterocycles. The third-order valence-corrected chi connectivity index (χ3v) is 9.70. The number of benzene rings is 1. The summed E-state index contributed by atoms with van der Waals surface area (Å²) in [4.78, 5) is 41.9. The van der Waals surface area contributed by atoms with E-state index in [0.29, 0.717) is 38.4 Å². The van der Waals surface area contributed by atoms with Gasteiger partial charge in [-0.1, -0.05) is 18.2 Å². The number of rotatable bonds is 2. The first kappa shape index (κ1) is 24.6. The van der Waals surface area contributed by atoms with E-state index >= 15 is 0 Å². The fourth-order valence-electron chi connectivity index (χ4n) is 8.28. The minimum atomic E-state index is -0.671. The lowest BCUT2D eigenvalue weighted by molar-refractivity contribution is -0.179. The Kier molecular flexibility index (Phi) is 5.55. The third kappa shape index (κ3) is 4.07. The lowest BCUT2D eigenvalue weighted by Gasteiger charge is -2.57. The fourth-order valence-corrected chi connectivity index (χ4v) is 8.28. The zero-order valence-electron chi connectivity index (χ0n) is 22.1. The molecule has 4 saturated carbocycles. The summed E-state index contributed by atoms with van der Waals surface area (Å²) in [5, 5.41) is 9.88. The predicted molar refractivity (Wildman–Crippen MR) is 136 cm³/mol. The number of fused-ring (bicyclic) bond motifs is 2. The third-order valence-electron chi connectivity index (χ3n) is 9.70. The summed E-state index contributed by atoms with van der Waals surface area (Å²) in [7, 11) is 0. The molecule has 2 atom stereocenters. The molecule has 2 amide bonds. The van der Waals surface area contributed by atoms with Crippen LogP contribution >= 0.6 is 0 Å². The molecule has 1 aromatic carbocycles. The Hall–Kier alpha value is -2.77. The molecule has 1 aromatic rings. The first-order valence-electron chi connectivity index (χ1n) is 13.8. The highest BCUT2D eigenvalue weighted by atomic mass is 16.6. The predicted octanol–water partition coefficient (Wildman–Crippen LogP) is 5.19. The Labute approximate surface area is 218 Å². The van der Waals surface area contributed by atoms with Gasteiger partial charge in [-0.15, -0.1) is 0 Å². The number of ether oxygens (including phenoxy) is 2. The Morgan fingerprint density at radius 2 is 1.62 bits per heavy atom. The summed E-state index contributed by atoms with van der Waals surface area (Å²) in [6.45, 7) is 7.31. The number of nitrogens with zero attached hydrogens (tertiary/aromatic N) is 2. The molecule has 4 aliphatic carbocycles. The van der Waals surface area contributed by atoms with E-state index in [-0.39, 0.29) is 35.5 Å². The summed E-state index contributed by atoms with van der Waals surface area (Å²) in [5.74, 6) is 0.0992. The van der Waals surface area contributed by atoms with Crippen molar-refractivity contribution in [2.45, 2.75) is 82.8 Å². The Balaban J connectivity index is 1.12. The average molecular weight is 511 g/mol. The number of anilines is 1. The number of piperidine rings is 1. The number of amides is 2. The van der Waals surface area contributed by atoms with Crippen LogP contribution in [0.1, 0.15) is 71.3 Å². The van der Waals surface area contributed by atoms with Crippen LogP contribution in [0.15, 0.2) is 24.3 Å². The molecule has 5 fully saturated rings. The van der Waals surface area contributed by atoms with Crippen molar-refractivity contribution in [2.24, 2.45) is 23.2 Å². The van der Waals surface area contributed by atoms with Crippen LogP contribution in [-0.2, 0) is 19.7 Å². The molecule has 37 heavy (non-hydrogen) atoms. The van der Waals surface area contributed by atoms with Gasteiger partial charge in [0.1, 0.15) is 11.7 Å². The highest BCUT2D eigenvalue weighted by Gasteiger charge is 2.60. The van der Waals surface area contributed by atoms with Gasteiger partial charge in [0, 0.05) is 25.0 Å². The van der Waals surface area contributed by atoms with Crippen LogP contribution in [-0.4, -0.2) is 59.5 Å². The molecule has 2 unspecified atom stereocenters. The van der Waals surface area contributed by atoms with E-state index in [4.69, 9.17) is 9.47 Å². The van der Waals surface area contributed by atoms with Crippen LogP contribution < -0.4 is 4.90 Å². The molecular formula is C29H38N2O6. The quantitative estimate of drug-likeness (QED) is 0.588. The maximum Gasteiger partial charge on any atom is 0.414 e. The van der Waals surface area contributed by atoms with Gasteiger partial charge in [0.25, 0.3) is 0 Å². The van der Waals surface area contributed by atoms with Crippen LogP contribution in [0.3, 0.4) is 0 Å². The van der Waals surface area contributed by atoms with Gasteiger partial charge in [-0.3, -0.25) is 9.69 Å². The zero-order valence-corrected chi connectivity index (χ0v) is 22.1. The molecule has 7 rings (SSSR count). The van der Waals surface area contributed by atoms with Gasteiger partial charge < -0.3 is 19.5 Å². The Morgan fingerprint density at radius 1 is 0.973 bits per heavy atom. The van der Waals surface area contributed by atoms with Crippen LogP contribution in [0.2, 0.25) is 0 Å². The monoisotopic (exact) mass is 510 g/mol. The maximum atomic E-state index is 13.3. The van der Waals surface area contributed by atoms with Crippen molar-refractivity contribution >= 4 is 23.8 Å². The molecule has 6 aliphatic rings. The number of hydrogen-bond acceptors (Lipinski definition) is 5. The molecule has 8 nitrogen and oxygen atoms in total. The van der Waals surface area contributed by atoms with Gasteiger partial charge in [-0.2, -0.15) is 0 Å². The van der Waals surface area contributed by atoms with Gasteiger partial charge in [-0.05, 0) is 95.1 Å². The van der Waals surface area contributed by atoms with Crippen molar-refractivity contribution in [2.75, 3.05) is 24.5 Å². The molecule has 0 radical (unpaired) electrons. The molecule has 1 saturated heterocycles. The lowest BCUT2D eigenvalue weighted by atomic mass is 9.48. The second-order valence-corrected chi connectivity index (χ2v) is 13.3. The summed E-state index contributed by atoms with van der Waals surface area (Å²) in [6, 6.07) is 8.03. The van der Waals surface area contributed by atoms with E-state index in [2.05, 4.69) is 6.07 Å². The normalized spacial score (nSPS) is 33.4. The van der Waals surface area contributed by atoms with E-state index in [1.165, 1.54) is 0 Å².